The molecule has 23 heavy (non-hydrogen) atoms. The Bertz CT molecular complexity index is 659. The molecule has 0 bridgehead atoms. The fourth-order valence-electron chi connectivity index (χ4n) is 2.40. The Kier molecular flexibility index (Phi) is 7.19. The Hall–Kier alpha value is -1.92. The van der Waals surface area contributed by atoms with Crippen LogP contribution in [0.1, 0.15) is 22.7 Å². The molecule has 0 spiro atoms. The Morgan fingerprint density at radius 2 is 2.17 bits per heavy atom. The lowest BCUT2D eigenvalue weighted by Gasteiger charge is -2.15. The number of nitrogens with zero attached hydrogens (tertiary/aromatic N) is 2. The quantitative estimate of drug-likeness (QED) is 0.844. The highest BCUT2D eigenvalue weighted by molar-refractivity contribution is 5.85. The third-order valence-electron chi connectivity index (χ3n) is 3.61. The van der Waals surface area contributed by atoms with Crippen LogP contribution in [-0.2, 0) is 18.3 Å². The summed E-state index contributed by atoms with van der Waals surface area (Å²) in [5.41, 5.74) is 2.75. The van der Waals surface area contributed by atoms with E-state index in [1.807, 2.05) is 20.2 Å². The molecule has 5 nitrogen and oxygen atoms in total. The molecule has 1 amide bonds. The second-order valence-electron chi connectivity index (χ2n) is 5.28. The summed E-state index contributed by atoms with van der Waals surface area (Å²) >= 11 is 0. The zero-order chi connectivity index (χ0) is 16.1. The van der Waals surface area contributed by atoms with Crippen LogP contribution in [0, 0.1) is 12.7 Å². The predicted octanol–water partition coefficient (Wildman–Crippen LogP) is 1.91. The second-order valence-corrected chi connectivity index (χ2v) is 5.28. The van der Waals surface area contributed by atoms with E-state index in [4.69, 9.17) is 0 Å². The highest BCUT2D eigenvalue weighted by Gasteiger charge is 2.19. The Morgan fingerprint density at radius 3 is 2.74 bits per heavy atom. The minimum Gasteiger partial charge on any atom is -0.354 e. The first-order valence-corrected chi connectivity index (χ1v) is 7.20. The van der Waals surface area contributed by atoms with Gasteiger partial charge in [0.2, 0.25) is 5.91 Å². The van der Waals surface area contributed by atoms with Crippen LogP contribution in [0.5, 0.6) is 0 Å². The van der Waals surface area contributed by atoms with Crippen LogP contribution in [0.2, 0.25) is 0 Å². The highest BCUT2D eigenvalue weighted by atomic mass is 35.5. The molecule has 1 unspecified atom stereocenters. The van der Waals surface area contributed by atoms with E-state index >= 15 is 0 Å². The van der Waals surface area contributed by atoms with Gasteiger partial charge >= 0.3 is 0 Å². The minimum absolute atomic E-state index is 0. The van der Waals surface area contributed by atoms with Gasteiger partial charge in [0.15, 0.2) is 0 Å². The van der Waals surface area contributed by atoms with Gasteiger partial charge in [-0.1, -0.05) is 6.07 Å². The first-order chi connectivity index (χ1) is 10.5. The Balaban J connectivity index is 0.00000264. The fourth-order valence-corrected chi connectivity index (χ4v) is 2.40. The largest absolute Gasteiger partial charge is 0.354 e. The number of hydrogen-bond acceptors (Lipinski definition) is 3. The maximum absolute atomic E-state index is 13.1. The van der Waals surface area contributed by atoms with Crippen molar-refractivity contribution in [2.75, 3.05) is 13.6 Å². The number of nitrogens with one attached hydrogen (secondary N) is 2. The Morgan fingerprint density at radius 1 is 1.43 bits per heavy atom. The molecule has 0 saturated heterocycles. The van der Waals surface area contributed by atoms with Gasteiger partial charge in [-0.2, -0.15) is 5.10 Å². The van der Waals surface area contributed by atoms with Crippen molar-refractivity contribution in [1.82, 2.24) is 20.4 Å². The Labute approximate surface area is 141 Å². The third kappa shape index (κ3) is 5.04. The molecular formula is C16H22ClFN4O. The van der Waals surface area contributed by atoms with E-state index in [1.165, 1.54) is 12.1 Å². The van der Waals surface area contributed by atoms with Gasteiger partial charge in [0.25, 0.3) is 0 Å². The molecule has 0 saturated carbocycles. The van der Waals surface area contributed by atoms with Crippen LogP contribution in [0.25, 0.3) is 0 Å². The van der Waals surface area contributed by atoms with Crippen molar-refractivity contribution in [2.24, 2.45) is 7.05 Å². The van der Waals surface area contributed by atoms with E-state index in [1.54, 1.807) is 24.0 Å². The monoisotopic (exact) mass is 340 g/mol. The number of rotatable bonds is 6. The van der Waals surface area contributed by atoms with Gasteiger partial charge in [0, 0.05) is 25.4 Å². The van der Waals surface area contributed by atoms with Crippen molar-refractivity contribution in [1.29, 1.82) is 0 Å². The normalized spacial score (nSPS) is 11.7. The molecule has 126 valence electrons. The molecule has 2 N–H and O–H groups in total. The average Bonchev–Trinajstić information content (AvgIpc) is 2.88. The zero-order valence-electron chi connectivity index (χ0n) is 13.5. The lowest BCUT2D eigenvalue weighted by molar-refractivity contribution is -0.123. The number of halogens is 2. The van der Waals surface area contributed by atoms with Crippen LogP contribution >= 0.6 is 12.4 Å². The summed E-state index contributed by atoms with van der Waals surface area (Å²) in [6.07, 6.45) is 4.15. The number of aryl methyl sites for hydroxylation is 2. The summed E-state index contributed by atoms with van der Waals surface area (Å²) in [6, 6.07) is 4.27. The van der Waals surface area contributed by atoms with Crippen molar-refractivity contribution in [3.05, 3.63) is 53.1 Å². The molecule has 0 fully saturated rings. The SMILES string of the molecule is CNC(C(=O)NCCc1ccc(F)cc1C)c1cnn(C)c1.Cl. The summed E-state index contributed by atoms with van der Waals surface area (Å²) in [5, 5.41) is 9.96. The standard InChI is InChI=1S/C16H21FN4O.ClH/c1-11-8-14(17)5-4-12(11)6-7-19-16(22)15(18-2)13-9-20-21(3)10-13;/h4-5,8-10,15,18H,6-7H2,1-3H3,(H,19,22);1H. The first kappa shape index (κ1) is 19.1. The van der Waals surface area contributed by atoms with Crippen molar-refractivity contribution >= 4 is 18.3 Å². The molecule has 2 rings (SSSR count). The molecular weight excluding hydrogens is 319 g/mol. The molecule has 0 aliphatic carbocycles. The van der Waals surface area contributed by atoms with Gasteiger partial charge in [-0.3, -0.25) is 9.48 Å². The van der Waals surface area contributed by atoms with E-state index in [0.29, 0.717) is 13.0 Å². The number of benzene rings is 1. The maximum Gasteiger partial charge on any atom is 0.241 e. The average molecular weight is 341 g/mol. The summed E-state index contributed by atoms with van der Waals surface area (Å²) in [6.45, 7) is 2.37. The van der Waals surface area contributed by atoms with E-state index in [9.17, 15) is 9.18 Å². The van der Waals surface area contributed by atoms with Gasteiger partial charge in [-0.05, 0) is 43.7 Å². The molecule has 0 aliphatic rings. The maximum atomic E-state index is 13.1. The van der Waals surface area contributed by atoms with E-state index < -0.39 is 6.04 Å². The van der Waals surface area contributed by atoms with Crippen molar-refractivity contribution in [2.45, 2.75) is 19.4 Å². The van der Waals surface area contributed by atoms with Crippen molar-refractivity contribution in [3.63, 3.8) is 0 Å². The van der Waals surface area contributed by atoms with Gasteiger partial charge < -0.3 is 10.6 Å². The number of likely N-dealkylation sites (N-methyl/N-ethyl adjacent to an activating group) is 1. The molecule has 0 radical (unpaired) electrons. The van der Waals surface area contributed by atoms with Gasteiger partial charge in [-0.25, -0.2) is 4.39 Å². The minimum atomic E-state index is -0.428. The first-order valence-electron chi connectivity index (χ1n) is 7.20. The zero-order valence-corrected chi connectivity index (χ0v) is 14.3. The van der Waals surface area contributed by atoms with Gasteiger partial charge in [0.1, 0.15) is 11.9 Å². The van der Waals surface area contributed by atoms with E-state index in [0.717, 1.165) is 16.7 Å². The van der Waals surface area contributed by atoms with Crippen LogP contribution < -0.4 is 10.6 Å². The summed E-state index contributed by atoms with van der Waals surface area (Å²) in [7, 11) is 3.55. The second kappa shape index (κ2) is 8.64. The number of carbonyl (C=O) groups is 1. The topological polar surface area (TPSA) is 59.0 Å². The van der Waals surface area contributed by atoms with Crippen LogP contribution in [-0.4, -0.2) is 29.3 Å². The molecule has 1 aromatic carbocycles. The predicted molar refractivity (Wildman–Crippen MR) is 90.1 cm³/mol. The van der Waals surface area contributed by atoms with Gasteiger partial charge in [-0.15, -0.1) is 12.4 Å². The number of hydrogen-bond donors (Lipinski definition) is 2. The van der Waals surface area contributed by atoms with Crippen LogP contribution in [0.4, 0.5) is 4.39 Å². The third-order valence-corrected chi connectivity index (χ3v) is 3.61. The van der Waals surface area contributed by atoms with Crippen molar-refractivity contribution in [3.8, 4) is 0 Å². The molecule has 1 atom stereocenters. The summed E-state index contributed by atoms with van der Waals surface area (Å²) < 4.78 is 14.7. The van der Waals surface area contributed by atoms with Gasteiger partial charge in [0.05, 0.1) is 6.20 Å². The number of amides is 1. The summed E-state index contributed by atoms with van der Waals surface area (Å²) in [4.78, 5) is 12.2. The van der Waals surface area contributed by atoms with Crippen LogP contribution in [0.15, 0.2) is 30.6 Å². The number of carbonyl (C=O) groups excluding carboxylic acids is 1. The lowest BCUT2D eigenvalue weighted by atomic mass is 10.1. The lowest BCUT2D eigenvalue weighted by Crippen LogP contribution is -2.36. The molecule has 2 aromatic rings. The molecule has 7 heteroatoms. The van der Waals surface area contributed by atoms with E-state index in [2.05, 4.69) is 15.7 Å². The van der Waals surface area contributed by atoms with Crippen molar-refractivity contribution < 1.29 is 9.18 Å². The fraction of sp³-hybridized carbons (Fsp3) is 0.375. The highest BCUT2D eigenvalue weighted by Crippen LogP contribution is 2.12. The van der Waals surface area contributed by atoms with Crippen LogP contribution in [0.3, 0.4) is 0 Å². The molecule has 1 heterocycles. The van der Waals surface area contributed by atoms with E-state index in [-0.39, 0.29) is 24.1 Å². The number of aromatic nitrogens is 2. The molecule has 1 aromatic heterocycles. The smallest absolute Gasteiger partial charge is 0.241 e. The molecule has 0 aliphatic heterocycles. The summed E-state index contributed by atoms with van der Waals surface area (Å²) in [5.74, 6) is -0.340.